The lowest BCUT2D eigenvalue weighted by Gasteiger charge is -2.22. The predicted octanol–water partition coefficient (Wildman–Crippen LogP) is 2.46. The Morgan fingerprint density at radius 2 is 1.88 bits per heavy atom. The number of nitrogens with one attached hydrogen (secondary N) is 3. The molecule has 1 aromatic heterocycles. The van der Waals surface area contributed by atoms with Gasteiger partial charge >= 0.3 is 0 Å². The van der Waals surface area contributed by atoms with Gasteiger partial charge in [0.15, 0.2) is 0 Å². The van der Waals surface area contributed by atoms with Crippen molar-refractivity contribution in [1.82, 2.24) is 20.6 Å². The monoisotopic (exact) mass is 434 g/mol. The molecule has 4 atom stereocenters. The van der Waals surface area contributed by atoms with E-state index < -0.39 is 12.0 Å². The van der Waals surface area contributed by atoms with Crippen LogP contribution in [-0.2, 0) is 16.1 Å². The van der Waals surface area contributed by atoms with Crippen molar-refractivity contribution in [3.63, 3.8) is 0 Å². The van der Waals surface area contributed by atoms with Crippen molar-refractivity contribution >= 4 is 5.91 Å². The van der Waals surface area contributed by atoms with E-state index in [2.05, 4.69) is 32.7 Å². The number of methoxy groups -OCH3 is 1. The van der Waals surface area contributed by atoms with E-state index in [1.54, 1.807) is 13.3 Å². The molecule has 2 aromatic carbocycles. The molecule has 0 spiro atoms. The smallest absolute Gasteiger partial charge is 0.225 e. The number of aromatic nitrogens is 2. The van der Waals surface area contributed by atoms with Crippen molar-refractivity contribution in [3.8, 4) is 11.4 Å². The SMILES string of the molecule is COCCNC(=O)[C@H]1C[C@@H](NCc2ccccc2)[C@H](c2cnc(-c3ccccc3)[nH]2)[C@@H]1O. The Balaban J connectivity index is 1.54. The Labute approximate surface area is 188 Å². The molecular weight excluding hydrogens is 404 g/mol. The number of nitrogens with zero attached hydrogens (tertiary/aromatic N) is 1. The van der Waals surface area contributed by atoms with E-state index in [0.717, 1.165) is 22.6 Å². The van der Waals surface area contributed by atoms with Crippen LogP contribution in [0.2, 0.25) is 0 Å². The summed E-state index contributed by atoms with van der Waals surface area (Å²) >= 11 is 0. The number of benzene rings is 2. The minimum absolute atomic E-state index is 0.0764. The van der Waals surface area contributed by atoms with Crippen LogP contribution in [0.15, 0.2) is 66.9 Å². The number of carbonyl (C=O) groups is 1. The number of aromatic amines is 1. The number of hydrogen-bond acceptors (Lipinski definition) is 5. The van der Waals surface area contributed by atoms with Gasteiger partial charge in [0.05, 0.1) is 18.6 Å². The van der Waals surface area contributed by atoms with Crippen molar-refractivity contribution < 1.29 is 14.6 Å². The van der Waals surface area contributed by atoms with Crippen LogP contribution in [-0.4, -0.2) is 53.4 Å². The Hall–Kier alpha value is -3.00. The standard InChI is InChI=1S/C25H30N4O3/c1-32-13-12-26-25(31)19-14-20(27-15-17-8-4-2-5-9-17)22(23(19)30)21-16-28-24(29-21)18-10-6-3-7-11-18/h2-11,16,19-20,22-23,27,30H,12-15H2,1H3,(H,26,31)(H,28,29)/t19-,20+,22+,23+/m0/s1. The number of rotatable bonds is 9. The van der Waals surface area contributed by atoms with Gasteiger partial charge in [0.2, 0.25) is 5.91 Å². The fourth-order valence-corrected chi connectivity index (χ4v) is 4.42. The average Bonchev–Trinajstić information content (AvgIpc) is 3.43. The van der Waals surface area contributed by atoms with Crippen LogP contribution in [0.4, 0.5) is 0 Å². The molecule has 0 unspecified atom stereocenters. The summed E-state index contributed by atoms with van der Waals surface area (Å²) in [5.74, 6) is -0.176. The number of aliphatic hydroxyl groups is 1. The molecule has 1 amide bonds. The molecule has 0 aliphatic heterocycles. The van der Waals surface area contributed by atoms with Crippen LogP contribution >= 0.6 is 0 Å². The van der Waals surface area contributed by atoms with E-state index in [0.29, 0.717) is 26.1 Å². The molecule has 7 nitrogen and oxygen atoms in total. The molecule has 0 radical (unpaired) electrons. The zero-order chi connectivity index (χ0) is 22.3. The summed E-state index contributed by atoms with van der Waals surface area (Å²) in [7, 11) is 1.60. The van der Waals surface area contributed by atoms with E-state index in [-0.39, 0.29) is 17.9 Å². The second kappa shape index (κ2) is 10.5. The molecule has 32 heavy (non-hydrogen) atoms. The normalized spacial score (nSPS) is 22.7. The fourth-order valence-electron chi connectivity index (χ4n) is 4.42. The summed E-state index contributed by atoms with van der Waals surface area (Å²) in [6.45, 7) is 1.52. The van der Waals surface area contributed by atoms with Crippen LogP contribution in [0, 0.1) is 5.92 Å². The van der Waals surface area contributed by atoms with Gasteiger partial charge in [-0.25, -0.2) is 4.98 Å². The molecule has 3 aromatic rings. The van der Waals surface area contributed by atoms with Crippen LogP contribution in [0.5, 0.6) is 0 Å². The van der Waals surface area contributed by atoms with Crippen LogP contribution in [0.1, 0.15) is 23.6 Å². The van der Waals surface area contributed by atoms with E-state index in [1.807, 2.05) is 48.5 Å². The van der Waals surface area contributed by atoms with Gasteiger partial charge in [-0.1, -0.05) is 60.7 Å². The first-order chi connectivity index (χ1) is 15.7. The summed E-state index contributed by atoms with van der Waals surface area (Å²) in [5.41, 5.74) is 2.96. The van der Waals surface area contributed by atoms with Gasteiger partial charge in [-0.15, -0.1) is 0 Å². The average molecular weight is 435 g/mol. The Morgan fingerprint density at radius 1 is 1.16 bits per heavy atom. The Kier molecular flexibility index (Phi) is 7.32. The summed E-state index contributed by atoms with van der Waals surface area (Å²) in [4.78, 5) is 20.7. The van der Waals surface area contributed by atoms with Crippen LogP contribution < -0.4 is 10.6 Å². The number of imidazole rings is 1. The van der Waals surface area contributed by atoms with Gasteiger partial charge < -0.3 is 25.5 Å². The van der Waals surface area contributed by atoms with Crippen molar-refractivity contribution in [2.75, 3.05) is 20.3 Å². The number of amides is 1. The fraction of sp³-hybridized carbons (Fsp3) is 0.360. The highest BCUT2D eigenvalue weighted by molar-refractivity contribution is 5.80. The minimum atomic E-state index is -0.824. The Morgan fingerprint density at radius 3 is 2.59 bits per heavy atom. The molecule has 1 aliphatic carbocycles. The molecule has 0 bridgehead atoms. The summed E-state index contributed by atoms with van der Waals surface area (Å²) in [6.07, 6.45) is 1.49. The van der Waals surface area contributed by atoms with E-state index in [1.165, 1.54) is 0 Å². The summed E-state index contributed by atoms with van der Waals surface area (Å²) in [6, 6.07) is 19.9. The van der Waals surface area contributed by atoms with Crippen molar-refractivity contribution in [1.29, 1.82) is 0 Å². The predicted molar refractivity (Wildman–Crippen MR) is 123 cm³/mol. The van der Waals surface area contributed by atoms with Gasteiger partial charge in [-0.2, -0.15) is 0 Å². The maximum atomic E-state index is 12.8. The number of aliphatic hydroxyl groups excluding tert-OH is 1. The highest BCUT2D eigenvalue weighted by Crippen LogP contribution is 2.39. The third-order valence-electron chi connectivity index (χ3n) is 6.08. The van der Waals surface area contributed by atoms with Gasteiger partial charge in [-0.3, -0.25) is 4.79 Å². The highest BCUT2D eigenvalue weighted by Gasteiger charge is 2.47. The van der Waals surface area contributed by atoms with E-state index in [4.69, 9.17) is 4.74 Å². The molecular formula is C25H30N4O3. The van der Waals surface area contributed by atoms with Crippen LogP contribution in [0.3, 0.4) is 0 Å². The third kappa shape index (κ3) is 5.07. The zero-order valence-electron chi connectivity index (χ0n) is 18.2. The second-order valence-electron chi connectivity index (χ2n) is 8.17. The first kappa shape index (κ1) is 22.2. The first-order valence-corrected chi connectivity index (χ1v) is 11.0. The lowest BCUT2D eigenvalue weighted by molar-refractivity contribution is -0.127. The van der Waals surface area contributed by atoms with E-state index in [9.17, 15) is 9.90 Å². The number of H-pyrrole nitrogens is 1. The summed E-state index contributed by atoms with van der Waals surface area (Å²) in [5, 5.41) is 17.6. The maximum Gasteiger partial charge on any atom is 0.225 e. The largest absolute Gasteiger partial charge is 0.392 e. The van der Waals surface area contributed by atoms with Gasteiger partial charge in [-0.05, 0) is 12.0 Å². The molecule has 1 fully saturated rings. The maximum absolute atomic E-state index is 12.8. The van der Waals surface area contributed by atoms with Gasteiger partial charge in [0, 0.05) is 49.6 Å². The van der Waals surface area contributed by atoms with E-state index >= 15 is 0 Å². The molecule has 1 saturated carbocycles. The molecule has 168 valence electrons. The van der Waals surface area contributed by atoms with Gasteiger partial charge in [0.1, 0.15) is 5.82 Å². The lowest BCUT2D eigenvalue weighted by Crippen LogP contribution is -2.37. The quantitative estimate of drug-likeness (QED) is 0.388. The minimum Gasteiger partial charge on any atom is -0.392 e. The van der Waals surface area contributed by atoms with Crippen molar-refractivity contribution in [2.45, 2.75) is 31.0 Å². The molecule has 4 rings (SSSR count). The molecule has 0 saturated heterocycles. The number of carbonyl (C=O) groups excluding carboxylic acids is 1. The Bertz CT molecular complexity index is 993. The summed E-state index contributed by atoms with van der Waals surface area (Å²) < 4.78 is 5.02. The molecule has 1 aliphatic rings. The zero-order valence-corrected chi connectivity index (χ0v) is 18.2. The molecule has 4 N–H and O–H groups in total. The van der Waals surface area contributed by atoms with Crippen LogP contribution in [0.25, 0.3) is 11.4 Å². The van der Waals surface area contributed by atoms with Crippen molar-refractivity contribution in [3.05, 3.63) is 78.1 Å². The number of ether oxygens (including phenoxy) is 1. The first-order valence-electron chi connectivity index (χ1n) is 11.0. The second-order valence-corrected chi connectivity index (χ2v) is 8.17. The molecule has 7 heteroatoms. The highest BCUT2D eigenvalue weighted by atomic mass is 16.5. The number of hydrogen-bond donors (Lipinski definition) is 4. The lowest BCUT2D eigenvalue weighted by atomic mass is 9.96. The molecule has 1 heterocycles. The third-order valence-corrected chi connectivity index (χ3v) is 6.08. The van der Waals surface area contributed by atoms with Gasteiger partial charge in [0.25, 0.3) is 0 Å². The van der Waals surface area contributed by atoms with Crippen molar-refractivity contribution in [2.24, 2.45) is 5.92 Å². The topological polar surface area (TPSA) is 99.3 Å².